The average Bonchev–Trinajstić information content (AvgIpc) is 2.39. The van der Waals surface area contributed by atoms with Gasteiger partial charge in [0.2, 0.25) is 5.91 Å². The number of carbonyl (C=O) groups is 3. The number of aliphatic carboxylic acids is 1. The minimum absolute atomic E-state index is 0.0280. The van der Waals surface area contributed by atoms with Crippen LogP contribution in [0.25, 0.3) is 0 Å². The zero-order valence-electron chi connectivity index (χ0n) is 13.5. The Labute approximate surface area is 126 Å². The smallest absolute Gasteiger partial charge is 0.317 e. The molecule has 0 radical (unpaired) electrons. The number of nitrogens with zero attached hydrogens (tertiary/aromatic N) is 1. The maximum atomic E-state index is 12.2. The summed E-state index contributed by atoms with van der Waals surface area (Å²) in [6.45, 7) is 7.81. The largest absolute Gasteiger partial charge is 0.481 e. The van der Waals surface area contributed by atoms with Gasteiger partial charge in [-0.25, -0.2) is 4.79 Å². The van der Waals surface area contributed by atoms with Gasteiger partial charge in [0, 0.05) is 32.6 Å². The van der Waals surface area contributed by atoms with E-state index in [1.54, 1.807) is 25.8 Å². The summed E-state index contributed by atoms with van der Waals surface area (Å²) in [5.41, 5.74) is -0.700. The van der Waals surface area contributed by atoms with Gasteiger partial charge >= 0.3 is 12.0 Å². The SMILES string of the molecule is CNC(=O)C(C)(C)CNC(=O)N(CCCC(=O)O)C(C)C. The van der Waals surface area contributed by atoms with E-state index in [0.717, 1.165) is 0 Å². The second-order valence-electron chi connectivity index (χ2n) is 5.91. The minimum atomic E-state index is -0.875. The van der Waals surface area contributed by atoms with Crippen LogP contribution in [0.1, 0.15) is 40.5 Å². The van der Waals surface area contributed by atoms with Gasteiger partial charge in [0.15, 0.2) is 0 Å². The van der Waals surface area contributed by atoms with Crippen molar-refractivity contribution in [3.05, 3.63) is 0 Å². The highest BCUT2D eigenvalue weighted by Gasteiger charge is 2.28. The molecule has 7 heteroatoms. The molecule has 0 aromatic carbocycles. The van der Waals surface area contributed by atoms with Crippen molar-refractivity contribution >= 4 is 17.9 Å². The topological polar surface area (TPSA) is 98.7 Å². The molecule has 0 atom stereocenters. The fraction of sp³-hybridized carbons (Fsp3) is 0.786. The Hall–Kier alpha value is -1.79. The number of hydrogen-bond acceptors (Lipinski definition) is 3. The second kappa shape index (κ2) is 8.49. The van der Waals surface area contributed by atoms with Crippen molar-refractivity contribution in [1.82, 2.24) is 15.5 Å². The van der Waals surface area contributed by atoms with Crippen LogP contribution < -0.4 is 10.6 Å². The van der Waals surface area contributed by atoms with Gasteiger partial charge in [-0.2, -0.15) is 0 Å². The Morgan fingerprint density at radius 3 is 2.24 bits per heavy atom. The van der Waals surface area contributed by atoms with E-state index in [2.05, 4.69) is 10.6 Å². The Bertz CT molecular complexity index is 380. The standard InChI is InChI=1S/C14H27N3O4/c1-10(2)17(8-6-7-11(18)19)13(21)16-9-14(3,4)12(20)15-5/h10H,6-9H2,1-5H3,(H,15,20)(H,16,21)(H,18,19). The van der Waals surface area contributed by atoms with Crippen LogP contribution in [-0.4, -0.2) is 54.1 Å². The van der Waals surface area contributed by atoms with Crippen LogP contribution >= 0.6 is 0 Å². The Balaban J connectivity index is 4.49. The molecular weight excluding hydrogens is 274 g/mol. The van der Waals surface area contributed by atoms with Gasteiger partial charge in [-0.1, -0.05) is 0 Å². The van der Waals surface area contributed by atoms with E-state index in [-0.39, 0.29) is 30.9 Å². The molecule has 0 aromatic heterocycles. The predicted molar refractivity (Wildman–Crippen MR) is 80.0 cm³/mol. The summed E-state index contributed by atoms with van der Waals surface area (Å²) in [6, 6.07) is -0.325. The first kappa shape index (κ1) is 19.2. The number of amides is 3. The van der Waals surface area contributed by atoms with Crippen LogP contribution in [0.15, 0.2) is 0 Å². The Morgan fingerprint density at radius 2 is 1.81 bits per heavy atom. The zero-order valence-corrected chi connectivity index (χ0v) is 13.5. The fourth-order valence-electron chi connectivity index (χ4n) is 1.81. The molecule has 122 valence electrons. The monoisotopic (exact) mass is 301 g/mol. The maximum absolute atomic E-state index is 12.2. The van der Waals surface area contributed by atoms with E-state index >= 15 is 0 Å². The van der Waals surface area contributed by atoms with E-state index in [9.17, 15) is 14.4 Å². The number of carboxylic acid groups (broad SMARTS) is 1. The number of urea groups is 1. The van der Waals surface area contributed by atoms with E-state index in [1.807, 2.05) is 13.8 Å². The molecule has 0 bridgehead atoms. The molecule has 0 saturated heterocycles. The molecule has 0 aliphatic heterocycles. The predicted octanol–water partition coefficient (Wildman–Crippen LogP) is 1.04. The second-order valence-corrected chi connectivity index (χ2v) is 5.91. The fourth-order valence-corrected chi connectivity index (χ4v) is 1.81. The first-order valence-electron chi connectivity index (χ1n) is 7.10. The molecular formula is C14H27N3O4. The highest BCUT2D eigenvalue weighted by atomic mass is 16.4. The summed E-state index contributed by atoms with van der Waals surface area (Å²) < 4.78 is 0. The van der Waals surface area contributed by atoms with Crippen molar-refractivity contribution in [2.24, 2.45) is 5.41 Å². The van der Waals surface area contributed by atoms with E-state index in [4.69, 9.17) is 5.11 Å². The van der Waals surface area contributed by atoms with Crippen molar-refractivity contribution in [2.75, 3.05) is 20.1 Å². The van der Waals surface area contributed by atoms with Gasteiger partial charge < -0.3 is 20.6 Å². The van der Waals surface area contributed by atoms with Gasteiger partial charge in [0.1, 0.15) is 0 Å². The Morgan fingerprint density at radius 1 is 1.24 bits per heavy atom. The van der Waals surface area contributed by atoms with Crippen molar-refractivity contribution in [3.63, 3.8) is 0 Å². The number of nitrogens with one attached hydrogen (secondary N) is 2. The third kappa shape index (κ3) is 6.97. The summed E-state index contributed by atoms with van der Waals surface area (Å²) in [5, 5.41) is 13.9. The van der Waals surface area contributed by atoms with E-state index < -0.39 is 11.4 Å². The van der Waals surface area contributed by atoms with Crippen LogP contribution in [0.3, 0.4) is 0 Å². The molecule has 0 fully saturated rings. The lowest BCUT2D eigenvalue weighted by Crippen LogP contribution is -2.49. The highest BCUT2D eigenvalue weighted by molar-refractivity contribution is 5.83. The lowest BCUT2D eigenvalue weighted by atomic mass is 9.92. The van der Waals surface area contributed by atoms with Crippen molar-refractivity contribution in [1.29, 1.82) is 0 Å². The summed E-state index contributed by atoms with van der Waals surface area (Å²) in [7, 11) is 1.55. The maximum Gasteiger partial charge on any atom is 0.317 e. The molecule has 3 amide bonds. The molecule has 0 unspecified atom stereocenters. The molecule has 0 aromatic rings. The molecule has 3 N–H and O–H groups in total. The molecule has 7 nitrogen and oxygen atoms in total. The Kier molecular flexibility index (Phi) is 7.76. The number of hydrogen-bond donors (Lipinski definition) is 3. The van der Waals surface area contributed by atoms with E-state index in [0.29, 0.717) is 13.0 Å². The summed E-state index contributed by atoms with van der Waals surface area (Å²) in [6.07, 6.45) is 0.431. The van der Waals surface area contributed by atoms with Crippen LogP contribution in [0, 0.1) is 5.41 Å². The molecule has 0 aliphatic rings. The first-order valence-corrected chi connectivity index (χ1v) is 7.10. The van der Waals surface area contributed by atoms with Gasteiger partial charge in [0.05, 0.1) is 5.41 Å². The molecule has 21 heavy (non-hydrogen) atoms. The number of carbonyl (C=O) groups excluding carboxylic acids is 2. The quantitative estimate of drug-likeness (QED) is 0.624. The van der Waals surface area contributed by atoms with E-state index in [1.165, 1.54) is 0 Å². The van der Waals surface area contributed by atoms with Gasteiger partial charge in [0.25, 0.3) is 0 Å². The molecule has 0 aliphatic carbocycles. The highest BCUT2D eigenvalue weighted by Crippen LogP contribution is 2.13. The van der Waals surface area contributed by atoms with Crippen LogP contribution in [-0.2, 0) is 9.59 Å². The number of carboxylic acids is 1. The summed E-state index contributed by atoms with van der Waals surface area (Å²) in [5.74, 6) is -1.02. The van der Waals surface area contributed by atoms with Gasteiger partial charge in [-0.15, -0.1) is 0 Å². The van der Waals surface area contributed by atoms with Crippen molar-refractivity contribution in [2.45, 2.75) is 46.6 Å². The average molecular weight is 301 g/mol. The molecule has 0 spiro atoms. The molecule has 0 rings (SSSR count). The lowest BCUT2D eigenvalue weighted by Gasteiger charge is -2.29. The van der Waals surface area contributed by atoms with Crippen LogP contribution in [0.4, 0.5) is 4.79 Å². The zero-order chi connectivity index (χ0) is 16.6. The summed E-state index contributed by atoms with van der Waals surface area (Å²) in [4.78, 5) is 35.9. The minimum Gasteiger partial charge on any atom is -0.481 e. The normalized spacial score (nSPS) is 11.1. The van der Waals surface area contributed by atoms with Crippen LogP contribution in [0.2, 0.25) is 0 Å². The summed E-state index contributed by atoms with van der Waals surface area (Å²) >= 11 is 0. The third-order valence-corrected chi connectivity index (χ3v) is 3.20. The third-order valence-electron chi connectivity index (χ3n) is 3.20. The van der Waals surface area contributed by atoms with Gasteiger partial charge in [-0.05, 0) is 34.1 Å². The lowest BCUT2D eigenvalue weighted by molar-refractivity contribution is -0.137. The van der Waals surface area contributed by atoms with Gasteiger partial charge in [-0.3, -0.25) is 9.59 Å². The first-order chi connectivity index (χ1) is 9.61. The number of rotatable bonds is 8. The molecule has 0 saturated carbocycles. The van der Waals surface area contributed by atoms with Crippen molar-refractivity contribution in [3.8, 4) is 0 Å². The molecule has 0 heterocycles. The van der Waals surface area contributed by atoms with Crippen molar-refractivity contribution < 1.29 is 19.5 Å². The van der Waals surface area contributed by atoms with Crippen LogP contribution in [0.5, 0.6) is 0 Å².